The van der Waals surface area contributed by atoms with Gasteiger partial charge in [-0.2, -0.15) is 5.10 Å². The van der Waals surface area contributed by atoms with Crippen molar-refractivity contribution in [3.05, 3.63) is 47.4 Å². The summed E-state index contributed by atoms with van der Waals surface area (Å²) in [5.41, 5.74) is 2.58. The third-order valence-electron chi connectivity index (χ3n) is 5.42. The first kappa shape index (κ1) is 18.3. The summed E-state index contributed by atoms with van der Waals surface area (Å²) in [6.45, 7) is 2.46. The van der Waals surface area contributed by atoms with Crippen molar-refractivity contribution in [1.29, 1.82) is 0 Å². The molecule has 1 fully saturated rings. The second-order valence-electron chi connectivity index (χ2n) is 7.11. The van der Waals surface area contributed by atoms with Crippen molar-refractivity contribution in [2.75, 3.05) is 18.9 Å². The molecule has 1 N–H and O–H groups in total. The molecule has 146 valence electrons. The molecule has 0 spiro atoms. The third kappa shape index (κ3) is 3.06. The number of amides is 1. The predicted octanol–water partition coefficient (Wildman–Crippen LogP) is 2.58. The first-order valence-electron chi connectivity index (χ1n) is 8.95. The van der Waals surface area contributed by atoms with Crippen molar-refractivity contribution in [2.45, 2.75) is 19.4 Å². The van der Waals surface area contributed by atoms with E-state index in [0.29, 0.717) is 18.8 Å². The number of hydrogen-bond donors (Lipinski definition) is 1. The van der Waals surface area contributed by atoms with Crippen molar-refractivity contribution < 1.29 is 13.6 Å². The monoisotopic (exact) mass is 386 g/mol. The van der Waals surface area contributed by atoms with Gasteiger partial charge in [-0.3, -0.25) is 14.5 Å². The number of anilines is 1. The lowest BCUT2D eigenvalue weighted by atomic mass is 9.94. The number of hydrogen-bond acceptors (Lipinski definition) is 5. The summed E-state index contributed by atoms with van der Waals surface area (Å²) in [6.07, 6.45) is 3.68. The van der Waals surface area contributed by atoms with E-state index in [1.54, 1.807) is 22.8 Å². The number of rotatable bonds is 4. The third-order valence-corrected chi connectivity index (χ3v) is 5.42. The number of aryl methyl sites for hydroxylation is 1. The smallest absolute Gasteiger partial charge is 0.223 e. The zero-order chi connectivity index (χ0) is 20.0. The minimum absolute atomic E-state index is 0.0165. The van der Waals surface area contributed by atoms with Crippen LogP contribution in [0.1, 0.15) is 23.7 Å². The van der Waals surface area contributed by atoms with Gasteiger partial charge in [-0.1, -0.05) is 0 Å². The van der Waals surface area contributed by atoms with Crippen LogP contribution in [0.2, 0.25) is 0 Å². The Kier molecular flexibility index (Phi) is 4.44. The van der Waals surface area contributed by atoms with Crippen molar-refractivity contribution >= 4 is 22.8 Å². The summed E-state index contributed by atoms with van der Waals surface area (Å²) in [4.78, 5) is 22.5. The molecule has 1 aliphatic heterocycles. The standard InChI is InChI=1S/C19H20F2N6O/c1-10-12(8-24-27(10)3)19-11(4-18(28)26(19)2)7-23-17-9-22-15-5-13(20)14(21)6-16(15)25-17/h5-6,8-9,11,19H,4,7H2,1-3H3,(H,23,25)/t11-,19+/m0/s1. The maximum Gasteiger partial charge on any atom is 0.223 e. The van der Waals surface area contributed by atoms with Gasteiger partial charge >= 0.3 is 0 Å². The van der Waals surface area contributed by atoms with Gasteiger partial charge in [0.2, 0.25) is 5.91 Å². The Morgan fingerprint density at radius 1 is 1.18 bits per heavy atom. The largest absolute Gasteiger partial charge is 0.368 e. The average Bonchev–Trinajstić information content (AvgIpc) is 3.13. The fraction of sp³-hybridized carbons (Fsp3) is 0.368. The fourth-order valence-electron chi connectivity index (χ4n) is 3.73. The van der Waals surface area contributed by atoms with Crippen molar-refractivity contribution in [3.63, 3.8) is 0 Å². The van der Waals surface area contributed by atoms with Crippen LogP contribution in [0.4, 0.5) is 14.6 Å². The van der Waals surface area contributed by atoms with E-state index in [0.717, 1.165) is 23.4 Å². The van der Waals surface area contributed by atoms with E-state index in [4.69, 9.17) is 0 Å². The molecule has 4 rings (SSSR count). The summed E-state index contributed by atoms with van der Waals surface area (Å²) >= 11 is 0. The SMILES string of the molecule is Cc1c([C@H]2[C@H](CNc3cnc4cc(F)c(F)cc4n3)CC(=O)N2C)cnn1C. The maximum atomic E-state index is 13.5. The van der Waals surface area contributed by atoms with Crippen LogP contribution in [0.5, 0.6) is 0 Å². The number of benzene rings is 1. The molecule has 3 aromatic rings. The van der Waals surface area contributed by atoms with Crippen LogP contribution >= 0.6 is 0 Å². The first-order valence-corrected chi connectivity index (χ1v) is 8.95. The van der Waals surface area contributed by atoms with E-state index in [1.165, 1.54) is 6.20 Å². The molecule has 9 heteroatoms. The van der Waals surface area contributed by atoms with E-state index in [1.807, 2.05) is 14.0 Å². The van der Waals surface area contributed by atoms with Gasteiger partial charge < -0.3 is 10.2 Å². The highest BCUT2D eigenvalue weighted by molar-refractivity contribution is 5.79. The van der Waals surface area contributed by atoms with Gasteiger partial charge in [-0.25, -0.2) is 13.8 Å². The van der Waals surface area contributed by atoms with Crippen LogP contribution in [0.3, 0.4) is 0 Å². The number of carbonyl (C=O) groups is 1. The molecule has 0 radical (unpaired) electrons. The number of carbonyl (C=O) groups excluding carboxylic acids is 1. The highest BCUT2D eigenvalue weighted by Crippen LogP contribution is 2.38. The molecule has 0 bridgehead atoms. The Morgan fingerprint density at radius 2 is 1.89 bits per heavy atom. The van der Waals surface area contributed by atoms with Crippen LogP contribution in [-0.2, 0) is 11.8 Å². The van der Waals surface area contributed by atoms with E-state index in [2.05, 4.69) is 20.4 Å². The number of aromatic nitrogens is 4. The topological polar surface area (TPSA) is 75.9 Å². The second-order valence-corrected chi connectivity index (χ2v) is 7.11. The van der Waals surface area contributed by atoms with Gasteiger partial charge in [0.15, 0.2) is 11.6 Å². The zero-order valence-corrected chi connectivity index (χ0v) is 15.8. The number of likely N-dealkylation sites (tertiary alicyclic amines) is 1. The lowest BCUT2D eigenvalue weighted by Gasteiger charge is -2.25. The lowest BCUT2D eigenvalue weighted by Crippen LogP contribution is -2.27. The Balaban J connectivity index is 1.56. The summed E-state index contributed by atoms with van der Waals surface area (Å²) < 4.78 is 28.6. The Hall–Kier alpha value is -3.10. The minimum Gasteiger partial charge on any atom is -0.368 e. The molecule has 1 amide bonds. The second kappa shape index (κ2) is 6.81. The molecule has 2 aromatic heterocycles. The van der Waals surface area contributed by atoms with Crippen LogP contribution in [-0.4, -0.2) is 44.1 Å². The quantitative estimate of drug-likeness (QED) is 0.746. The highest BCUT2D eigenvalue weighted by Gasteiger charge is 2.39. The van der Waals surface area contributed by atoms with Crippen molar-refractivity contribution in [2.24, 2.45) is 13.0 Å². The summed E-state index contributed by atoms with van der Waals surface area (Å²) in [7, 11) is 3.67. The molecule has 0 saturated carbocycles. The van der Waals surface area contributed by atoms with E-state index < -0.39 is 11.6 Å². The normalized spacial score (nSPS) is 19.6. The number of nitrogens with zero attached hydrogens (tertiary/aromatic N) is 5. The van der Waals surface area contributed by atoms with Crippen molar-refractivity contribution in [3.8, 4) is 0 Å². The van der Waals surface area contributed by atoms with Crippen molar-refractivity contribution in [1.82, 2.24) is 24.6 Å². The predicted molar refractivity (Wildman–Crippen MR) is 99.5 cm³/mol. The van der Waals surface area contributed by atoms with Gasteiger partial charge in [0, 0.05) is 56.4 Å². The Labute approximate surface area is 160 Å². The summed E-state index contributed by atoms with van der Waals surface area (Å²) in [5, 5.41) is 7.48. The van der Waals surface area contributed by atoms with Gasteiger partial charge in [0.25, 0.3) is 0 Å². The molecule has 28 heavy (non-hydrogen) atoms. The zero-order valence-electron chi connectivity index (χ0n) is 15.8. The number of halogens is 2. The maximum absolute atomic E-state index is 13.5. The van der Waals surface area contributed by atoms with Gasteiger partial charge in [-0.05, 0) is 6.92 Å². The van der Waals surface area contributed by atoms with Crippen LogP contribution in [0.25, 0.3) is 11.0 Å². The summed E-state index contributed by atoms with van der Waals surface area (Å²) in [5.74, 6) is -1.38. The van der Waals surface area contributed by atoms with E-state index >= 15 is 0 Å². The van der Waals surface area contributed by atoms with E-state index in [9.17, 15) is 13.6 Å². The fourth-order valence-corrected chi connectivity index (χ4v) is 3.73. The first-order chi connectivity index (χ1) is 13.3. The van der Waals surface area contributed by atoms with E-state index in [-0.39, 0.29) is 28.9 Å². The minimum atomic E-state index is -0.964. The highest BCUT2D eigenvalue weighted by atomic mass is 19.2. The van der Waals surface area contributed by atoms with Crippen LogP contribution in [0, 0.1) is 24.5 Å². The lowest BCUT2D eigenvalue weighted by molar-refractivity contribution is -0.127. The Morgan fingerprint density at radius 3 is 2.57 bits per heavy atom. The summed E-state index contributed by atoms with van der Waals surface area (Å²) in [6, 6.07) is 1.96. The average molecular weight is 386 g/mol. The molecule has 1 saturated heterocycles. The molecule has 2 atom stereocenters. The molecule has 1 aliphatic rings. The van der Waals surface area contributed by atoms with Crippen LogP contribution in [0.15, 0.2) is 24.5 Å². The number of fused-ring (bicyclic) bond motifs is 1. The molecular weight excluding hydrogens is 366 g/mol. The molecule has 7 nitrogen and oxygen atoms in total. The molecular formula is C19H20F2N6O. The molecule has 1 aromatic carbocycles. The molecule has 3 heterocycles. The van der Waals surface area contributed by atoms with Gasteiger partial charge in [0.1, 0.15) is 5.82 Å². The van der Waals surface area contributed by atoms with Gasteiger partial charge in [-0.15, -0.1) is 0 Å². The van der Waals surface area contributed by atoms with Gasteiger partial charge in [0.05, 0.1) is 29.5 Å². The number of nitrogens with one attached hydrogen (secondary N) is 1. The molecule has 0 unspecified atom stereocenters. The Bertz CT molecular complexity index is 1070. The molecule has 0 aliphatic carbocycles. The van der Waals surface area contributed by atoms with Crippen LogP contribution < -0.4 is 5.32 Å².